The molecule has 1 heterocycles. The second-order valence-electron chi connectivity index (χ2n) is 3.73. The summed E-state index contributed by atoms with van der Waals surface area (Å²) in [7, 11) is 0. The second-order valence-corrected chi connectivity index (χ2v) is 4.14. The van der Waals surface area contributed by atoms with Crippen molar-refractivity contribution in [3.8, 4) is 11.8 Å². The van der Waals surface area contributed by atoms with Gasteiger partial charge in [-0.2, -0.15) is 4.98 Å². The summed E-state index contributed by atoms with van der Waals surface area (Å²) in [5.74, 6) is 0.528. The highest BCUT2D eigenvalue weighted by molar-refractivity contribution is 6.33. The van der Waals surface area contributed by atoms with Gasteiger partial charge in [-0.05, 0) is 24.3 Å². The molecule has 2 N–H and O–H groups in total. The minimum Gasteiger partial charge on any atom is -0.411 e. The standard InChI is InChI=1S/C13H9ClN2O2/c14-9-7-8(5-6-10(9)15)17-13-16-11-3-1-2-4-12(11)18-13/h1-7H,15H2. The van der Waals surface area contributed by atoms with Crippen LogP contribution in [0, 0.1) is 0 Å². The molecule has 3 rings (SSSR count). The fourth-order valence-corrected chi connectivity index (χ4v) is 1.74. The fraction of sp³-hybridized carbons (Fsp3) is 0. The maximum absolute atomic E-state index is 5.90. The van der Waals surface area contributed by atoms with Crippen molar-refractivity contribution in [1.82, 2.24) is 4.98 Å². The van der Waals surface area contributed by atoms with Gasteiger partial charge in [-0.1, -0.05) is 23.7 Å². The lowest BCUT2D eigenvalue weighted by Gasteiger charge is -2.02. The summed E-state index contributed by atoms with van der Waals surface area (Å²) < 4.78 is 10.9. The van der Waals surface area contributed by atoms with Crippen LogP contribution in [0.2, 0.25) is 5.02 Å². The van der Waals surface area contributed by atoms with E-state index in [1.807, 2.05) is 24.3 Å². The van der Waals surface area contributed by atoms with Crippen LogP contribution in [0.25, 0.3) is 11.1 Å². The van der Waals surface area contributed by atoms with Crippen molar-refractivity contribution < 1.29 is 9.15 Å². The Morgan fingerprint density at radius 3 is 2.78 bits per heavy atom. The number of fused-ring (bicyclic) bond motifs is 1. The van der Waals surface area contributed by atoms with Crippen LogP contribution >= 0.6 is 11.6 Å². The Hall–Kier alpha value is -2.20. The molecule has 3 aromatic rings. The summed E-state index contributed by atoms with van der Waals surface area (Å²) in [6.45, 7) is 0. The van der Waals surface area contributed by atoms with Crippen molar-refractivity contribution in [3.63, 3.8) is 0 Å². The van der Waals surface area contributed by atoms with E-state index in [0.717, 1.165) is 5.52 Å². The number of halogens is 1. The molecule has 0 amide bonds. The first-order chi connectivity index (χ1) is 8.72. The molecule has 4 nitrogen and oxygen atoms in total. The Morgan fingerprint density at radius 1 is 1.17 bits per heavy atom. The van der Waals surface area contributed by atoms with Gasteiger partial charge in [0.1, 0.15) is 11.3 Å². The molecule has 0 aliphatic rings. The molecule has 0 bridgehead atoms. The van der Waals surface area contributed by atoms with Gasteiger partial charge in [0.25, 0.3) is 0 Å². The minimum absolute atomic E-state index is 0.178. The topological polar surface area (TPSA) is 61.3 Å². The Kier molecular flexibility index (Phi) is 2.57. The van der Waals surface area contributed by atoms with Gasteiger partial charge < -0.3 is 14.9 Å². The van der Waals surface area contributed by atoms with Crippen molar-refractivity contribution in [1.29, 1.82) is 0 Å². The molecule has 0 spiro atoms. The highest BCUT2D eigenvalue weighted by Gasteiger charge is 2.08. The lowest BCUT2D eigenvalue weighted by atomic mass is 10.3. The zero-order valence-electron chi connectivity index (χ0n) is 9.26. The summed E-state index contributed by atoms with van der Waals surface area (Å²) in [5.41, 5.74) is 7.54. The van der Waals surface area contributed by atoms with E-state index in [0.29, 0.717) is 22.0 Å². The number of rotatable bonds is 2. The molecule has 0 atom stereocenters. The Balaban J connectivity index is 1.93. The van der Waals surface area contributed by atoms with Gasteiger partial charge >= 0.3 is 6.08 Å². The van der Waals surface area contributed by atoms with Crippen LogP contribution in [0.1, 0.15) is 0 Å². The van der Waals surface area contributed by atoms with E-state index in [-0.39, 0.29) is 6.08 Å². The van der Waals surface area contributed by atoms with Crippen LogP contribution < -0.4 is 10.5 Å². The maximum Gasteiger partial charge on any atom is 0.400 e. The zero-order valence-corrected chi connectivity index (χ0v) is 10.0. The molecular formula is C13H9ClN2O2. The fourth-order valence-electron chi connectivity index (χ4n) is 1.57. The Bertz CT molecular complexity index is 676. The third-order valence-corrected chi connectivity index (χ3v) is 2.78. The number of nitrogens with two attached hydrogens (primary N) is 1. The zero-order chi connectivity index (χ0) is 12.5. The summed E-state index contributed by atoms with van der Waals surface area (Å²) in [4.78, 5) is 4.20. The van der Waals surface area contributed by atoms with Gasteiger partial charge in [0.15, 0.2) is 5.58 Å². The van der Waals surface area contributed by atoms with Gasteiger partial charge in [-0.15, -0.1) is 0 Å². The van der Waals surface area contributed by atoms with Crippen LogP contribution in [0.5, 0.6) is 11.8 Å². The maximum atomic E-state index is 5.90. The highest BCUT2D eigenvalue weighted by Crippen LogP contribution is 2.29. The van der Waals surface area contributed by atoms with E-state index in [1.54, 1.807) is 18.2 Å². The summed E-state index contributed by atoms with van der Waals surface area (Å²) in [6, 6.07) is 12.4. The van der Waals surface area contributed by atoms with Crippen molar-refractivity contribution in [3.05, 3.63) is 47.5 Å². The number of hydrogen-bond donors (Lipinski definition) is 1. The summed E-state index contributed by atoms with van der Waals surface area (Å²) in [5, 5.41) is 0.434. The van der Waals surface area contributed by atoms with Gasteiger partial charge in [0.2, 0.25) is 0 Å². The van der Waals surface area contributed by atoms with E-state index in [9.17, 15) is 0 Å². The number of ether oxygens (including phenoxy) is 1. The molecule has 0 radical (unpaired) electrons. The molecule has 5 heteroatoms. The summed E-state index contributed by atoms with van der Waals surface area (Å²) >= 11 is 5.90. The average Bonchev–Trinajstić information content (AvgIpc) is 2.76. The van der Waals surface area contributed by atoms with Crippen LogP contribution in [-0.2, 0) is 0 Å². The molecule has 0 fully saturated rings. The highest BCUT2D eigenvalue weighted by atomic mass is 35.5. The van der Waals surface area contributed by atoms with Crippen LogP contribution in [0.4, 0.5) is 5.69 Å². The molecule has 18 heavy (non-hydrogen) atoms. The predicted octanol–water partition coefficient (Wildman–Crippen LogP) is 3.86. The third-order valence-electron chi connectivity index (χ3n) is 2.45. The number of nitrogens with zero attached hydrogens (tertiary/aromatic N) is 1. The number of oxazole rings is 1. The number of hydrogen-bond acceptors (Lipinski definition) is 4. The molecular weight excluding hydrogens is 252 g/mol. The molecule has 1 aromatic heterocycles. The minimum atomic E-state index is 0.178. The quantitative estimate of drug-likeness (QED) is 0.711. The normalized spacial score (nSPS) is 10.7. The first-order valence-corrected chi connectivity index (χ1v) is 5.68. The molecule has 2 aromatic carbocycles. The number of anilines is 1. The lowest BCUT2D eigenvalue weighted by molar-refractivity contribution is 0.343. The second kappa shape index (κ2) is 4.23. The smallest absolute Gasteiger partial charge is 0.400 e. The molecule has 90 valence electrons. The van der Waals surface area contributed by atoms with E-state index < -0.39 is 0 Å². The molecule has 0 unspecified atom stereocenters. The van der Waals surface area contributed by atoms with Gasteiger partial charge in [0, 0.05) is 6.07 Å². The van der Waals surface area contributed by atoms with Crippen LogP contribution in [0.3, 0.4) is 0 Å². The number of para-hydroxylation sites is 2. The van der Waals surface area contributed by atoms with Crippen molar-refractivity contribution in [2.24, 2.45) is 0 Å². The van der Waals surface area contributed by atoms with E-state index in [1.165, 1.54) is 0 Å². The van der Waals surface area contributed by atoms with Crippen molar-refractivity contribution >= 4 is 28.4 Å². The van der Waals surface area contributed by atoms with E-state index >= 15 is 0 Å². The van der Waals surface area contributed by atoms with Gasteiger partial charge in [-0.3, -0.25) is 0 Å². The molecule has 0 saturated carbocycles. The third kappa shape index (κ3) is 1.98. The van der Waals surface area contributed by atoms with Crippen molar-refractivity contribution in [2.75, 3.05) is 5.73 Å². The predicted molar refractivity (Wildman–Crippen MR) is 69.9 cm³/mol. The van der Waals surface area contributed by atoms with Crippen LogP contribution in [-0.4, -0.2) is 4.98 Å². The van der Waals surface area contributed by atoms with Crippen LogP contribution in [0.15, 0.2) is 46.9 Å². The van der Waals surface area contributed by atoms with Gasteiger partial charge in [0.05, 0.1) is 10.7 Å². The number of benzene rings is 2. The summed E-state index contributed by atoms with van der Waals surface area (Å²) in [6.07, 6.45) is 0.178. The van der Waals surface area contributed by atoms with E-state index in [2.05, 4.69) is 4.98 Å². The number of aromatic nitrogens is 1. The SMILES string of the molecule is Nc1ccc(Oc2nc3ccccc3o2)cc1Cl. The first-order valence-electron chi connectivity index (χ1n) is 5.31. The molecule has 0 aliphatic heterocycles. The molecule has 0 aliphatic carbocycles. The lowest BCUT2D eigenvalue weighted by Crippen LogP contribution is -1.88. The number of nitrogen functional groups attached to an aromatic ring is 1. The van der Waals surface area contributed by atoms with Crippen molar-refractivity contribution in [2.45, 2.75) is 0 Å². The monoisotopic (exact) mass is 260 g/mol. The Morgan fingerprint density at radius 2 is 2.00 bits per heavy atom. The molecule has 0 saturated heterocycles. The average molecular weight is 261 g/mol. The van der Waals surface area contributed by atoms with E-state index in [4.69, 9.17) is 26.5 Å². The van der Waals surface area contributed by atoms with Gasteiger partial charge in [-0.25, -0.2) is 0 Å². The first kappa shape index (κ1) is 10.9. The Labute approximate surface area is 108 Å². The largest absolute Gasteiger partial charge is 0.411 e.